The Morgan fingerprint density at radius 3 is 2.55 bits per heavy atom. The molecule has 0 aliphatic carbocycles. The van der Waals surface area contributed by atoms with Crippen molar-refractivity contribution in [1.29, 1.82) is 0 Å². The number of fused-ring (bicyclic) bond motifs is 1. The zero-order valence-electron chi connectivity index (χ0n) is 11.6. The van der Waals surface area contributed by atoms with E-state index in [9.17, 15) is 4.79 Å². The van der Waals surface area contributed by atoms with Crippen molar-refractivity contribution in [3.8, 4) is 0 Å². The van der Waals surface area contributed by atoms with Crippen LogP contribution in [0, 0.1) is 13.8 Å². The van der Waals surface area contributed by atoms with Crippen molar-refractivity contribution in [2.45, 2.75) is 20.4 Å². The summed E-state index contributed by atoms with van der Waals surface area (Å²) >= 11 is 0. The molecule has 2 aromatic carbocycles. The maximum Gasteiger partial charge on any atom is 0.182 e. The van der Waals surface area contributed by atoms with Gasteiger partial charge >= 0.3 is 0 Å². The summed E-state index contributed by atoms with van der Waals surface area (Å²) in [7, 11) is 0. The number of para-hydroxylation sites is 2. The van der Waals surface area contributed by atoms with Gasteiger partial charge in [-0.15, -0.1) is 0 Å². The fourth-order valence-corrected chi connectivity index (χ4v) is 2.51. The third-order valence-electron chi connectivity index (χ3n) is 3.59. The van der Waals surface area contributed by atoms with E-state index in [2.05, 4.69) is 4.98 Å². The highest BCUT2D eigenvalue weighted by atomic mass is 16.1. The number of carbonyl (C=O) groups is 1. The van der Waals surface area contributed by atoms with Gasteiger partial charge in [0.2, 0.25) is 0 Å². The van der Waals surface area contributed by atoms with E-state index in [-0.39, 0.29) is 5.78 Å². The number of aromatic nitrogens is 2. The van der Waals surface area contributed by atoms with Crippen LogP contribution in [0.3, 0.4) is 0 Å². The summed E-state index contributed by atoms with van der Waals surface area (Å²) in [4.78, 5) is 17.0. The fraction of sp³-hybridized carbons (Fsp3) is 0.176. The Hall–Kier alpha value is -2.42. The van der Waals surface area contributed by atoms with Crippen molar-refractivity contribution in [2.24, 2.45) is 0 Å². The predicted molar refractivity (Wildman–Crippen MR) is 80.0 cm³/mol. The van der Waals surface area contributed by atoms with Crippen LogP contribution in [0.25, 0.3) is 11.0 Å². The molecular formula is C17H16N2O. The van der Waals surface area contributed by atoms with E-state index in [1.807, 2.05) is 66.9 Å². The van der Waals surface area contributed by atoms with Crippen LogP contribution in [0.5, 0.6) is 0 Å². The number of hydrogen-bond donors (Lipinski definition) is 0. The van der Waals surface area contributed by atoms with Crippen LogP contribution < -0.4 is 0 Å². The van der Waals surface area contributed by atoms with Gasteiger partial charge in [-0.3, -0.25) is 4.79 Å². The Morgan fingerprint density at radius 1 is 1.05 bits per heavy atom. The third kappa shape index (κ3) is 2.11. The van der Waals surface area contributed by atoms with E-state index in [4.69, 9.17) is 0 Å². The minimum absolute atomic E-state index is 0.120. The minimum atomic E-state index is 0.120. The first kappa shape index (κ1) is 12.6. The fourth-order valence-electron chi connectivity index (χ4n) is 2.51. The Bertz CT molecular complexity index is 787. The second kappa shape index (κ2) is 4.93. The molecule has 0 unspecified atom stereocenters. The van der Waals surface area contributed by atoms with Crippen LogP contribution in [0.15, 0.2) is 48.5 Å². The zero-order valence-corrected chi connectivity index (χ0v) is 11.6. The summed E-state index contributed by atoms with van der Waals surface area (Å²) in [6.07, 6.45) is 0. The first-order chi connectivity index (χ1) is 9.66. The lowest BCUT2D eigenvalue weighted by Crippen LogP contribution is -2.12. The second-order valence-corrected chi connectivity index (χ2v) is 4.97. The average Bonchev–Trinajstić information content (AvgIpc) is 2.76. The highest BCUT2D eigenvalue weighted by molar-refractivity contribution is 5.98. The summed E-state index contributed by atoms with van der Waals surface area (Å²) in [6.45, 7) is 4.23. The summed E-state index contributed by atoms with van der Waals surface area (Å²) in [5.41, 5.74) is 3.73. The topological polar surface area (TPSA) is 34.9 Å². The zero-order chi connectivity index (χ0) is 14.1. The van der Waals surface area contributed by atoms with Crippen molar-refractivity contribution < 1.29 is 4.79 Å². The summed E-state index contributed by atoms with van der Waals surface area (Å²) in [5.74, 6) is 0.988. The number of imidazole rings is 1. The molecule has 3 aromatic rings. The van der Waals surface area contributed by atoms with Crippen molar-refractivity contribution >= 4 is 16.8 Å². The van der Waals surface area contributed by atoms with Gasteiger partial charge in [0.25, 0.3) is 0 Å². The smallest absolute Gasteiger partial charge is 0.182 e. The molecule has 0 aliphatic rings. The molecule has 3 rings (SSSR count). The molecule has 0 N–H and O–H groups in total. The molecule has 0 amide bonds. The highest BCUT2D eigenvalue weighted by Crippen LogP contribution is 2.17. The number of Topliss-reactive ketones (excluding diaryl/α,β-unsaturated/α-hetero) is 1. The van der Waals surface area contributed by atoms with E-state index < -0.39 is 0 Å². The lowest BCUT2D eigenvalue weighted by molar-refractivity contribution is 0.0972. The van der Waals surface area contributed by atoms with Crippen LogP contribution in [-0.2, 0) is 6.54 Å². The molecular weight excluding hydrogens is 248 g/mol. The summed E-state index contributed by atoms with van der Waals surface area (Å²) in [5, 5.41) is 0. The van der Waals surface area contributed by atoms with Crippen LogP contribution in [0.4, 0.5) is 0 Å². The third-order valence-corrected chi connectivity index (χ3v) is 3.59. The Balaban J connectivity index is 2.00. The van der Waals surface area contributed by atoms with E-state index in [0.717, 1.165) is 28.0 Å². The van der Waals surface area contributed by atoms with Crippen molar-refractivity contribution in [3.63, 3.8) is 0 Å². The highest BCUT2D eigenvalue weighted by Gasteiger charge is 2.13. The van der Waals surface area contributed by atoms with Gasteiger partial charge in [0.15, 0.2) is 5.78 Å². The number of nitrogens with zero attached hydrogens (tertiary/aromatic N) is 2. The molecule has 3 heteroatoms. The van der Waals surface area contributed by atoms with E-state index >= 15 is 0 Å². The van der Waals surface area contributed by atoms with Crippen molar-refractivity contribution in [1.82, 2.24) is 9.55 Å². The maximum atomic E-state index is 12.5. The van der Waals surface area contributed by atoms with Gasteiger partial charge in [0.1, 0.15) is 5.82 Å². The van der Waals surface area contributed by atoms with Crippen LogP contribution in [0.2, 0.25) is 0 Å². The van der Waals surface area contributed by atoms with Gasteiger partial charge in [-0.25, -0.2) is 4.98 Å². The lowest BCUT2D eigenvalue weighted by Gasteiger charge is -2.08. The number of hydrogen-bond acceptors (Lipinski definition) is 2. The van der Waals surface area contributed by atoms with Gasteiger partial charge in [-0.05, 0) is 31.5 Å². The van der Waals surface area contributed by atoms with Gasteiger partial charge < -0.3 is 4.57 Å². The molecule has 1 aromatic heterocycles. The molecule has 0 atom stereocenters. The molecule has 0 aliphatic heterocycles. The van der Waals surface area contributed by atoms with Gasteiger partial charge in [-0.2, -0.15) is 0 Å². The molecule has 0 saturated heterocycles. The number of rotatable bonds is 3. The van der Waals surface area contributed by atoms with Gasteiger partial charge in [-0.1, -0.05) is 36.4 Å². The number of aryl methyl sites for hydroxylation is 2. The molecule has 0 saturated carbocycles. The Labute approximate surface area is 117 Å². The first-order valence-electron chi connectivity index (χ1n) is 6.67. The van der Waals surface area contributed by atoms with Gasteiger partial charge in [0, 0.05) is 5.56 Å². The molecule has 3 nitrogen and oxygen atoms in total. The minimum Gasteiger partial charge on any atom is -0.320 e. The normalized spacial score (nSPS) is 10.9. The molecule has 1 heterocycles. The first-order valence-corrected chi connectivity index (χ1v) is 6.67. The molecule has 0 spiro atoms. The van der Waals surface area contributed by atoms with Crippen molar-refractivity contribution in [3.05, 3.63) is 65.5 Å². The number of carbonyl (C=O) groups excluding carboxylic acids is 1. The van der Waals surface area contributed by atoms with Crippen molar-refractivity contribution in [2.75, 3.05) is 0 Å². The molecule has 0 bridgehead atoms. The molecule has 100 valence electrons. The second-order valence-electron chi connectivity index (χ2n) is 4.97. The van der Waals surface area contributed by atoms with Crippen LogP contribution in [0.1, 0.15) is 21.7 Å². The summed E-state index contributed by atoms with van der Waals surface area (Å²) in [6, 6.07) is 15.6. The quantitative estimate of drug-likeness (QED) is 0.678. The molecule has 20 heavy (non-hydrogen) atoms. The Morgan fingerprint density at radius 2 is 1.75 bits per heavy atom. The van der Waals surface area contributed by atoms with Crippen LogP contribution in [-0.4, -0.2) is 15.3 Å². The number of ketones is 1. The predicted octanol–water partition coefficient (Wildman–Crippen LogP) is 3.54. The number of benzene rings is 2. The van der Waals surface area contributed by atoms with E-state index in [1.165, 1.54) is 0 Å². The lowest BCUT2D eigenvalue weighted by atomic mass is 10.0. The molecule has 0 fully saturated rings. The average molecular weight is 264 g/mol. The Kier molecular flexibility index (Phi) is 3.11. The largest absolute Gasteiger partial charge is 0.320 e. The van der Waals surface area contributed by atoms with E-state index in [1.54, 1.807) is 0 Å². The van der Waals surface area contributed by atoms with E-state index in [0.29, 0.717) is 6.54 Å². The van der Waals surface area contributed by atoms with Gasteiger partial charge in [0.05, 0.1) is 17.6 Å². The van der Waals surface area contributed by atoms with Crippen LogP contribution >= 0.6 is 0 Å². The summed E-state index contributed by atoms with van der Waals surface area (Å²) < 4.78 is 1.98. The monoisotopic (exact) mass is 264 g/mol. The molecule has 0 radical (unpaired) electrons. The SMILES string of the molecule is Cc1ccccc1C(=O)Cn1c(C)nc2ccccc21. The standard InChI is InChI=1S/C17H16N2O/c1-12-7-3-4-8-14(12)17(20)11-19-13(2)18-15-9-5-6-10-16(15)19/h3-10H,11H2,1-2H3. The maximum absolute atomic E-state index is 12.5.